The molecular formula is C12H11N3O2S. The van der Waals surface area contributed by atoms with Gasteiger partial charge < -0.3 is 0 Å². The molecule has 2 aromatic heterocycles. The van der Waals surface area contributed by atoms with Gasteiger partial charge in [-0.15, -0.1) is 11.3 Å². The number of nitrogens with one attached hydrogen (secondary N) is 2. The Morgan fingerprint density at radius 2 is 2.22 bits per heavy atom. The van der Waals surface area contributed by atoms with E-state index in [2.05, 4.69) is 15.6 Å². The number of hydrogen-bond acceptors (Lipinski definition) is 4. The molecule has 2 rings (SSSR count). The molecule has 0 saturated heterocycles. The Morgan fingerprint density at radius 1 is 1.39 bits per heavy atom. The normalized spacial score (nSPS) is 9.83. The van der Waals surface area contributed by atoms with Gasteiger partial charge in [0, 0.05) is 12.4 Å². The number of carbonyl (C=O) groups excluding carboxylic acids is 2. The third kappa shape index (κ3) is 3.14. The zero-order valence-corrected chi connectivity index (χ0v) is 10.5. The monoisotopic (exact) mass is 261 g/mol. The second-order valence-corrected chi connectivity index (χ2v) is 4.55. The lowest BCUT2D eigenvalue weighted by Crippen LogP contribution is -2.34. The second-order valence-electron chi connectivity index (χ2n) is 3.64. The van der Waals surface area contributed by atoms with Crippen LogP contribution in [0.25, 0.3) is 0 Å². The number of hydrogen-bond donors (Lipinski definition) is 2. The van der Waals surface area contributed by atoms with Crippen LogP contribution in [-0.4, -0.2) is 16.9 Å². The van der Waals surface area contributed by atoms with Crippen LogP contribution in [0.5, 0.6) is 0 Å². The molecule has 0 aliphatic carbocycles. The van der Waals surface area contributed by atoms with Gasteiger partial charge in [0.1, 0.15) is 0 Å². The van der Waals surface area contributed by atoms with Crippen molar-refractivity contribution >= 4 is 28.3 Å². The van der Waals surface area contributed by atoms with Gasteiger partial charge in [0.25, 0.3) is 5.91 Å². The van der Waals surface area contributed by atoms with Crippen LogP contribution < -0.4 is 10.6 Å². The molecule has 0 saturated carbocycles. The number of carbonyl (C=O) groups is 2. The number of aromatic nitrogens is 1. The van der Waals surface area contributed by atoms with Crippen molar-refractivity contribution in [1.82, 2.24) is 10.3 Å². The summed E-state index contributed by atoms with van der Waals surface area (Å²) in [6, 6.07) is 4.50. The first-order valence-electron chi connectivity index (χ1n) is 5.22. The summed E-state index contributed by atoms with van der Waals surface area (Å²) in [6.45, 7) is 1.93. The predicted molar refractivity (Wildman–Crippen MR) is 69.8 cm³/mol. The molecule has 2 heterocycles. The molecule has 3 amide bonds. The molecule has 0 aliphatic rings. The summed E-state index contributed by atoms with van der Waals surface area (Å²) < 4.78 is 0. The van der Waals surface area contributed by atoms with E-state index in [1.54, 1.807) is 18.3 Å². The number of urea groups is 1. The third-order valence-corrected chi connectivity index (χ3v) is 3.08. The number of pyridine rings is 1. The van der Waals surface area contributed by atoms with Crippen LogP contribution in [0.4, 0.5) is 9.80 Å². The first kappa shape index (κ1) is 12.3. The Labute approximate surface area is 108 Å². The average Bonchev–Trinajstić information content (AvgIpc) is 2.75. The minimum absolute atomic E-state index is 0.343. The minimum Gasteiger partial charge on any atom is -0.299 e. The Morgan fingerprint density at radius 3 is 2.83 bits per heavy atom. The Bertz CT molecular complexity index is 566. The van der Waals surface area contributed by atoms with Gasteiger partial charge >= 0.3 is 6.03 Å². The van der Waals surface area contributed by atoms with Crippen molar-refractivity contribution in [3.8, 4) is 0 Å². The highest BCUT2D eigenvalue weighted by molar-refractivity contribution is 7.14. The third-order valence-electron chi connectivity index (χ3n) is 2.12. The smallest absolute Gasteiger partial charge is 0.299 e. The molecule has 6 heteroatoms. The predicted octanol–water partition coefficient (Wildman–Crippen LogP) is 2.41. The summed E-state index contributed by atoms with van der Waals surface area (Å²) in [4.78, 5) is 27.0. The van der Waals surface area contributed by atoms with Gasteiger partial charge in [0.05, 0.1) is 10.6 Å². The topological polar surface area (TPSA) is 71.1 Å². The van der Waals surface area contributed by atoms with Crippen LogP contribution in [0.1, 0.15) is 15.9 Å². The molecule has 0 atom stereocenters. The molecule has 0 unspecified atom stereocenters. The number of amides is 3. The molecule has 0 radical (unpaired) electrons. The van der Waals surface area contributed by atoms with E-state index >= 15 is 0 Å². The van der Waals surface area contributed by atoms with Gasteiger partial charge in [-0.1, -0.05) is 0 Å². The molecule has 2 N–H and O–H groups in total. The van der Waals surface area contributed by atoms with E-state index in [1.165, 1.54) is 17.5 Å². The lowest BCUT2D eigenvalue weighted by Gasteiger charge is -2.04. The van der Waals surface area contributed by atoms with E-state index in [4.69, 9.17) is 0 Å². The summed E-state index contributed by atoms with van der Waals surface area (Å²) in [5.74, 6) is -0.478. The molecule has 0 fully saturated rings. The lowest BCUT2D eigenvalue weighted by atomic mass is 10.3. The van der Waals surface area contributed by atoms with Gasteiger partial charge in [0.15, 0.2) is 0 Å². The van der Waals surface area contributed by atoms with Crippen LogP contribution >= 0.6 is 11.3 Å². The number of rotatable bonds is 2. The molecule has 5 nitrogen and oxygen atoms in total. The molecule has 2 aromatic rings. The van der Waals surface area contributed by atoms with Crippen molar-refractivity contribution < 1.29 is 9.59 Å². The Kier molecular flexibility index (Phi) is 3.69. The minimum atomic E-state index is -0.550. The number of nitrogens with zero attached hydrogens (tertiary/aromatic N) is 1. The maximum absolute atomic E-state index is 11.6. The second kappa shape index (κ2) is 5.42. The highest BCUT2D eigenvalue weighted by Crippen LogP contribution is 2.18. The summed E-state index contributed by atoms with van der Waals surface area (Å²) in [5.41, 5.74) is 1.41. The molecule has 0 spiro atoms. The Balaban J connectivity index is 1.94. The number of anilines is 1. The largest absolute Gasteiger partial charge is 0.326 e. The first-order valence-corrected chi connectivity index (χ1v) is 6.10. The first-order chi connectivity index (χ1) is 8.65. The highest BCUT2D eigenvalue weighted by atomic mass is 32.1. The van der Waals surface area contributed by atoms with E-state index in [0.717, 1.165) is 5.56 Å². The van der Waals surface area contributed by atoms with Crippen molar-refractivity contribution in [2.24, 2.45) is 0 Å². The SMILES string of the molecule is Cc1csc(NC(=O)NC(=O)c2cccnc2)c1. The molecule has 18 heavy (non-hydrogen) atoms. The fourth-order valence-electron chi connectivity index (χ4n) is 1.31. The van der Waals surface area contributed by atoms with Crippen LogP contribution in [-0.2, 0) is 0 Å². The van der Waals surface area contributed by atoms with E-state index < -0.39 is 11.9 Å². The van der Waals surface area contributed by atoms with Gasteiger partial charge in [-0.05, 0) is 36.1 Å². The molecule has 0 aromatic carbocycles. The van der Waals surface area contributed by atoms with E-state index in [1.807, 2.05) is 18.4 Å². The van der Waals surface area contributed by atoms with Crippen LogP contribution in [0.2, 0.25) is 0 Å². The molecular weight excluding hydrogens is 250 g/mol. The van der Waals surface area contributed by atoms with Crippen molar-refractivity contribution in [2.45, 2.75) is 6.92 Å². The van der Waals surface area contributed by atoms with E-state index in [-0.39, 0.29) is 0 Å². The lowest BCUT2D eigenvalue weighted by molar-refractivity contribution is 0.0967. The Hall–Kier alpha value is -2.21. The standard InChI is InChI=1S/C12H11N3O2S/c1-8-5-10(18-7-8)14-12(17)15-11(16)9-3-2-4-13-6-9/h2-7H,1H3,(H2,14,15,16,17). The summed E-state index contributed by atoms with van der Waals surface area (Å²) >= 11 is 1.41. The number of imide groups is 1. The van der Waals surface area contributed by atoms with Crippen molar-refractivity contribution in [3.63, 3.8) is 0 Å². The van der Waals surface area contributed by atoms with Crippen molar-refractivity contribution in [3.05, 3.63) is 47.1 Å². The maximum atomic E-state index is 11.6. The molecule has 92 valence electrons. The number of thiophene rings is 1. The van der Waals surface area contributed by atoms with E-state index in [0.29, 0.717) is 10.6 Å². The fraction of sp³-hybridized carbons (Fsp3) is 0.0833. The van der Waals surface area contributed by atoms with Crippen molar-refractivity contribution in [2.75, 3.05) is 5.32 Å². The van der Waals surface area contributed by atoms with Gasteiger partial charge in [-0.2, -0.15) is 0 Å². The quantitative estimate of drug-likeness (QED) is 0.872. The fourth-order valence-corrected chi connectivity index (χ4v) is 2.10. The summed E-state index contributed by atoms with van der Waals surface area (Å²) in [6.07, 6.45) is 2.96. The van der Waals surface area contributed by atoms with Crippen LogP contribution in [0.15, 0.2) is 36.0 Å². The average molecular weight is 261 g/mol. The molecule has 0 bridgehead atoms. The van der Waals surface area contributed by atoms with Crippen LogP contribution in [0, 0.1) is 6.92 Å². The maximum Gasteiger partial charge on any atom is 0.326 e. The van der Waals surface area contributed by atoms with Crippen LogP contribution in [0.3, 0.4) is 0 Å². The summed E-state index contributed by atoms with van der Waals surface area (Å²) in [7, 11) is 0. The van der Waals surface area contributed by atoms with Gasteiger partial charge in [0.2, 0.25) is 0 Å². The zero-order chi connectivity index (χ0) is 13.0. The van der Waals surface area contributed by atoms with Crippen molar-refractivity contribution in [1.29, 1.82) is 0 Å². The molecule has 0 aliphatic heterocycles. The van der Waals surface area contributed by atoms with Gasteiger partial charge in [-0.25, -0.2) is 4.79 Å². The number of aryl methyl sites for hydroxylation is 1. The van der Waals surface area contributed by atoms with E-state index in [9.17, 15) is 9.59 Å². The zero-order valence-electron chi connectivity index (χ0n) is 9.64. The highest BCUT2D eigenvalue weighted by Gasteiger charge is 2.10. The van der Waals surface area contributed by atoms with Gasteiger partial charge in [-0.3, -0.25) is 20.4 Å². The summed E-state index contributed by atoms with van der Waals surface area (Å²) in [5, 5.41) is 7.44.